The zero-order valence-electron chi connectivity index (χ0n) is 16.2. The summed E-state index contributed by atoms with van der Waals surface area (Å²) in [4.78, 5) is 20.2. The Morgan fingerprint density at radius 3 is 2.68 bits per heavy atom. The molecule has 8 nitrogen and oxygen atoms in total. The maximum absolute atomic E-state index is 12.5. The number of benzene rings is 1. The molecule has 9 heteroatoms. The summed E-state index contributed by atoms with van der Waals surface area (Å²) in [5.74, 6) is -0.461. The van der Waals surface area contributed by atoms with Crippen LogP contribution in [0.15, 0.2) is 30.3 Å². The minimum absolute atomic E-state index is 0.0356. The maximum atomic E-state index is 12.5. The van der Waals surface area contributed by atoms with Crippen LogP contribution >= 0.6 is 0 Å². The summed E-state index contributed by atoms with van der Waals surface area (Å²) in [5, 5.41) is 9.22. The largest absolute Gasteiger partial charge is 0.478 e. The number of aromatic nitrogens is 2. The molecule has 1 aliphatic rings. The molecule has 1 aliphatic heterocycles. The van der Waals surface area contributed by atoms with E-state index in [9.17, 15) is 18.3 Å². The molecule has 28 heavy (non-hydrogen) atoms. The van der Waals surface area contributed by atoms with Gasteiger partial charge in [0.05, 0.1) is 11.3 Å². The van der Waals surface area contributed by atoms with Gasteiger partial charge in [-0.15, -0.1) is 0 Å². The second-order valence-corrected chi connectivity index (χ2v) is 9.24. The van der Waals surface area contributed by atoms with Gasteiger partial charge >= 0.3 is 5.97 Å². The Labute approximate surface area is 165 Å². The van der Waals surface area contributed by atoms with Gasteiger partial charge < -0.3 is 5.11 Å². The third kappa shape index (κ3) is 4.21. The van der Waals surface area contributed by atoms with Crippen molar-refractivity contribution in [3.63, 3.8) is 0 Å². The third-order valence-electron chi connectivity index (χ3n) is 4.85. The highest BCUT2D eigenvalue weighted by Crippen LogP contribution is 2.30. The SMILES string of the molecule is Cc1nc(-c2cccc(C(=O)O)c2)cc(C2CCCN(S(=O)(=O)N(C)C)C2)n1. The molecule has 2 heterocycles. The van der Waals surface area contributed by atoms with E-state index in [1.165, 1.54) is 28.8 Å². The van der Waals surface area contributed by atoms with Crippen molar-refractivity contribution in [1.82, 2.24) is 18.6 Å². The first-order chi connectivity index (χ1) is 13.2. The highest BCUT2D eigenvalue weighted by molar-refractivity contribution is 7.86. The van der Waals surface area contributed by atoms with E-state index < -0.39 is 16.2 Å². The molecule has 0 bridgehead atoms. The van der Waals surface area contributed by atoms with Crippen molar-refractivity contribution in [3.8, 4) is 11.3 Å². The fourth-order valence-electron chi connectivity index (χ4n) is 3.38. The number of hydrogen-bond acceptors (Lipinski definition) is 5. The van der Waals surface area contributed by atoms with Gasteiger partial charge in [0.2, 0.25) is 0 Å². The Bertz CT molecular complexity index is 991. The number of rotatable bonds is 5. The molecule has 0 spiro atoms. The first-order valence-electron chi connectivity index (χ1n) is 9.05. The lowest BCUT2D eigenvalue weighted by Gasteiger charge is -2.33. The second-order valence-electron chi connectivity index (χ2n) is 7.10. The Balaban J connectivity index is 1.93. The summed E-state index contributed by atoms with van der Waals surface area (Å²) < 4.78 is 27.7. The van der Waals surface area contributed by atoms with Gasteiger partial charge in [0.15, 0.2) is 0 Å². The molecule has 0 amide bonds. The van der Waals surface area contributed by atoms with Gasteiger partial charge in [-0.3, -0.25) is 0 Å². The van der Waals surface area contributed by atoms with Crippen molar-refractivity contribution >= 4 is 16.2 Å². The summed E-state index contributed by atoms with van der Waals surface area (Å²) in [5.41, 5.74) is 2.30. The quantitative estimate of drug-likeness (QED) is 0.819. The minimum atomic E-state index is -3.47. The van der Waals surface area contributed by atoms with Crippen LogP contribution in [0.4, 0.5) is 0 Å². The lowest BCUT2D eigenvalue weighted by molar-refractivity contribution is 0.0697. The highest BCUT2D eigenvalue weighted by Gasteiger charge is 2.32. The molecule has 1 N–H and O–H groups in total. The number of piperidine rings is 1. The van der Waals surface area contributed by atoms with Gasteiger partial charge in [-0.25, -0.2) is 14.8 Å². The van der Waals surface area contributed by atoms with E-state index in [0.717, 1.165) is 18.5 Å². The monoisotopic (exact) mass is 404 g/mol. The van der Waals surface area contributed by atoms with E-state index in [1.54, 1.807) is 19.1 Å². The van der Waals surface area contributed by atoms with E-state index in [1.807, 2.05) is 12.1 Å². The molecule has 1 atom stereocenters. The van der Waals surface area contributed by atoms with Crippen molar-refractivity contribution in [3.05, 3.63) is 47.4 Å². The zero-order chi connectivity index (χ0) is 20.5. The van der Waals surface area contributed by atoms with E-state index in [4.69, 9.17) is 0 Å². The van der Waals surface area contributed by atoms with Crippen molar-refractivity contribution in [2.45, 2.75) is 25.7 Å². The average Bonchev–Trinajstić information content (AvgIpc) is 2.67. The van der Waals surface area contributed by atoms with Crippen molar-refractivity contribution < 1.29 is 18.3 Å². The molecule has 1 fully saturated rings. The van der Waals surface area contributed by atoms with Crippen LogP contribution in [0.1, 0.15) is 40.6 Å². The summed E-state index contributed by atoms with van der Waals surface area (Å²) in [7, 11) is -0.412. The number of carboxylic acids is 1. The fraction of sp³-hybridized carbons (Fsp3) is 0.421. The molecular weight excluding hydrogens is 380 g/mol. The molecule has 1 saturated heterocycles. The van der Waals surface area contributed by atoms with Crippen molar-refractivity contribution in [1.29, 1.82) is 0 Å². The molecule has 0 aliphatic carbocycles. The number of hydrogen-bond donors (Lipinski definition) is 1. The highest BCUT2D eigenvalue weighted by atomic mass is 32.2. The number of carboxylic acid groups (broad SMARTS) is 1. The van der Waals surface area contributed by atoms with Gasteiger partial charge in [-0.1, -0.05) is 12.1 Å². The fourth-order valence-corrected chi connectivity index (χ4v) is 4.57. The predicted octanol–water partition coefficient (Wildman–Crippen LogP) is 2.14. The number of carbonyl (C=O) groups is 1. The van der Waals surface area contributed by atoms with E-state index in [2.05, 4.69) is 9.97 Å². The Morgan fingerprint density at radius 1 is 1.25 bits per heavy atom. The number of aryl methyl sites for hydroxylation is 1. The van der Waals surface area contributed by atoms with Gasteiger partial charge in [-0.2, -0.15) is 17.0 Å². The average molecular weight is 404 g/mol. The lowest BCUT2D eigenvalue weighted by atomic mass is 9.94. The molecule has 2 aromatic rings. The summed E-state index contributed by atoms with van der Waals surface area (Å²) in [6, 6.07) is 8.44. The van der Waals surface area contributed by atoms with Crippen molar-refractivity contribution in [2.24, 2.45) is 0 Å². The second kappa shape index (κ2) is 7.94. The van der Waals surface area contributed by atoms with Gasteiger partial charge in [0.1, 0.15) is 5.82 Å². The summed E-state index contributed by atoms with van der Waals surface area (Å²) in [6.45, 7) is 2.64. The maximum Gasteiger partial charge on any atom is 0.335 e. The lowest BCUT2D eigenvalue weighted by Crippen LogP contribution is -2.45. The molecule has 1 aromatic heterocycles. The van der Waals surface area contributed by atoms with Crippen LogP contribution < -0.4 is 0 Å². The van der Waals surface area contributed by atoms with Crippen LogP contribution in [0.3, 0.4) is 0 Å². The Morgan fingerprint density at radius 2 is 2.00 bits per heavy atom. The zero-order valence-corrected chi connectivity index (χ0v) is 17.0. The normalized spacial score (nSPS) is 18.4. The van der Waals surface area contributed by atoms with E-state index >= 15 is 0 Å². The van der Waals surface area contributed by atoms with Gasteiger partial charge in [-0.05, 0) is 38.0 Å². The summed E-state index contributed by atoms with van der Waals surface area (Å²) >= 11 is 0. The Kier molecular flexibility index (Phi) is 5.78. The molecule has 3 rings (SSSR count). The molecule has 150 valence electrons. The van der Waals surface area contributed by atoms with E-state index in [-0.39, 0.29) is 11.5 Å². The molecule has 0 saturated carbocycles. The van der Waals surface area contributed by atoms with Crippen LogP contribution in [-0.4, -0.2) is 65.3 Å². The molecule has 1 aromatic carbocycles. The first kappa shape index (κ1) is 20.4. The minimum Gasteiger partial charge on any atom is -0.478 e. The van der Waals surface area contributed by atoms with Crippen LogP contribution in [0.25, 0.3) is 11.3 Å². The van der Waals surface area contributed by atoms with Crippen molar-refractivity contribution in [2.75, 3.05) is 27.2 Å². The third-order valence-corrected chi connectivity index (χ3v) is 6.76. The van der Waals surface area contributed by atoms with E-state index in [0.29, 0.717) is 30.2 Å². The van der Waals surface area contributed by atoms with Crippen LogP contribution in [0, 0.1) is 6.92 Å². The van der Waals surface area contributed by atoms with Gasteiger partial charge in [0.25, 0.3) is 10.2 Å². The molecular formula is C19H24N4O4S. The number of nitrogens with zero attached hydrogens (tertiary/aromatic N) is 4. The standard InChI is InChI=1S/C19H24N4O4S/c1-13-20-17(14-6-4-7-15(10-14)19(24)25)11-18(21-13)16-8-5-9-23(12-16)28(26,27)22(2)3/h4,6-7,10-11,16H,5,8-9,12H2,1-3H3,(H,24,25). The van der Waals surface area contributed by atoms with Gasteiger partial charge in [0, 0.05) is 44.4 Å². The molecule has 1 unspecified atom stereocenters. The topological polar surface area (TPSA) is 104 Å². The molecule has 0 radical (unpaired) electrons. The number of aromatic carboxylic acids is 1. The predicted molar refractivity (Wildman–Crippen MR) is 105 cm³/mol. The van der Waals surface area contributed by atoms with Crippen LogP contribution in [0.2, 0.25) is 0 Å². The van der Waals surface area contributed by atoms with Crippen LogP contribution in [0.5, 0.6) is 0 Å². The Hall–Kier alpha value is -2.36. The first-order valence-corrected chi connectivity index (χ1v) is 10.4. The smallest absolute Gasteiger partial charge is 0.335 e. The summed E-state index contributed by atoms with van der Waals surface area (Å²) in [6.07, 6.45) is 1.59. The van der Waals surface area contributed by atoms with Crippen LogP contribution in [-0.2, 0) is 10.2 Å².